The summed E-state index contributed by atoms with van der Waals surface area (Å²) in [5.74, 6) is 0.722. The first-order chi connectivity index (χ1) is 8.19. The van der Waals surface area contributed by atoms with Crippen LogP contribution in [0.2, 0.25) is 5.02 Å². The average Bonchev–Trinajstić information content (AvgIpc) is 3.12. The Kier molecular flexibility index (Phi) is 4.41. The second-order valence-electron chi connectivity index (χ2n) is 4.90. The number of rotatable bonds is 6. The molecule has 1 nitrogen and oxygen atoms in total. The molecule has 1 aromatic rings. The van der Waals surface area contributed by atoms with Gasteiger partial charge in [-0.1, -0.05) is 31.4 Å². The van der Waals surface area contributed by atoms with Gasteiger partial charge < -0.3 is 5.32 Å². The van der Waals surface area contributed by atoms with Crippen LogP contribution in [0.25, 0.3) is 0 Å². The molecule has 0 aliphatic heterocycles. The molecular formula is C14H19ClFN. The van der Waals surface area contributed by atoms with Crippen LogP contribution in [0, 0.1) is 11.7 Å². The molecule has 1 aliphatic carbocycles. The van der Waals surface area contributed by atoms with Gasteiger partial charge in [0.1, 0.15) is 5.82 Å². The summed E-state index contributed by atoms with van der Waals surface area (Å²) >= 11 is 5.87. The summed E-state index contributed by atoms with van der Waals surface area (Å²) in [6.07, 6.45) is 5.05. The van der Waals surface area contributed by atoms with Crippen LogP contribution in [0.3, 0.4) is 0 Å². The van der Waals surface area contributed by atoms with E-state index in [0.29, 0.717) is 23.2 Å². The highest BCUT2D eigenvalue weighted by atomic mass is 35.5. The van der Waals surface area contributed by atoms with Crippen molar-refractivity contribution in [3.63, 3.8) is 0 Å². The van der Waals surface area contributed by atoms with E-state index in [0.717, 1.165) is 12.3 Å². The van der Waals surface area contributed by atoms with E-state index in [4.69, 9.17) is 11.6 Å². The fourth-order valence-corrected chi connectivity index (χ4v) is 2.28. The molecule has 1 atom stereocenters. The molecule has 17 heavy (non-hydrogen) atoms. The molecule has 2 rings (SSSR count). The van der Waals surface area contributed by atoms with Crippen molar-refractivity contribution < 1.29 is 4.39 Å². The zero-order valence-corrected chi connectivity index (χ0v) is 10.9. The Morgan fingerprint density at radius 3 is 2.88 bits per heavy atom. The quantitative estimate of drug-likeness (QED) is 0.805. The predicted octanol–water partition coefficient (Wildman–Crippen LogP) is 4.15. The third-order valence-corrected chi connectivity index (χ3v) is 3.63. The summed E-state index contributed by atoms with van der Waals surface area (Å²) in [7, 11) is 0. The van der Waals surface area contributed by atoms with Crippen LogP contribution < -0.4 is 5.32 Å². The highest BCUT2D eigenvalue weighted by molar-refractivity contribution is 6.30. The summed E-state index contributed by atoms with van der Waals surface area (Å²) < 4.78 is 13.5. The van der Waals surface area contributed by atoms with Crippen LogP contribution >= 0.6 is 11.6 Å². The molecular weight excluding hydrogens is 237 g/mol. The first-order valence-electron chi connectivity index (χ1n) is 6.36. The van der Waals surface area contributed by atoms with Gasteiger partial charge >= 0.3 is 0 Å². The standard InChI is InChI=1S/C14H19ClFN/c1-2-13(7-10-3-4-10)17-9-11-8-12(15)5-6-14(11)16/h5-6,8,10,13,17H,2-4,7,9H2,1H3. The van der Waals surface area contributed by atoms with Gasteiger partial charge in [-0.3, -0.25) is 0 Å². The SMILES string of the molecule is CCC(CC1CC1)NCc1cc(Cl)ccc1F. The van der Waals surface area contributed by atoms with Crippen LogP contribution in [0.15, 0.2) is 18.2 Å². The lowest BCUT2D eigenvalue weighted by Crippen LogP contribution is -2.28. The van der Waals surface area contributed by atoms with Crippen molar-refractivity contribution >= 4 is 11.6 Å². The maximum absolute atomic E-state index is 13.5. The molecule has 0 heterocycles. The van der Waals surface area contributed by atoms with Crippen molar-refractivity contribution in [2.24, 2.45) is 5.92 Å². The average molecular weight is 256 g/mol. The smallest absolute Gasteiger partial charge is 0.127 e. The van der Waals surface area contributed by atoms with Crippen molar-refractivity contribution in [1.82, 2.24) is 5.32 Å². The van der Waals surface area contributed by atoms with Crippen molar-refractivity contribution in [2.75, 3.05) is 0 Å². The van der Waals surface area contributed by atoms with Crippen molar-refractivity contribution in [3.05, 3.63) is 34.6 Å². The lowest BCUT2D eigenvalue weighted by Gasteiger charge is -2.17. The molecule has 0 bridgehead atoms. The molecule has 94 valence electrons. The van der Waals surface area contributed by atoms with Crippen LogP contribution in [0.1, 0.15) is 38.2 Å². The lowest BCUT2D eigenvalue weighted by molar-refractivity contribution is 0.439. The molecule has 0 saturated heterocycles. The number of benzene rings is 1. The van der Waals surface area contributed by atoms with E-state index in [2.05, 4.69) is 12.2 Å². The monoisotopic (exact) mass is 255 g/mol. The Bertz CT molecular complexity index is 376. The van der Waals surface area contributed by atoms with E-state index in [9.17, 15) is 4.39 Å². The summed E-state index contributed by atoms with van der Waals surface area (Å²) in [4.78, 5) is 0. The molecule has 0 aromatic heterocycles. The van der Waals surface area contributed by atoms with Crippen LogP contribution in [0.5, 0.6) is 0 Å². The molecule has 1 aliphatic rings. The minimum atomic E-state index is -0.178. The van der Waals surface area contributed by atoms with Crippen LogP contribution in [-0.2, 0) is 6.54 Å². The van der Waals surface area contributed by atoms with Crippen molar-refractivity contribution in [3.8, 4) is 0 Å². The summed E-state index contributed by atoms with van der Waals surface area (Å²) in [5, 5.41) is 4.02. The third kappa shape index (κ3) is 3.97. The summed E-state index contributed by atoms with van der Waals surface area (Å²) in [6.45, 7) is 2.74. The molecule has 1 fully saturated rings. The van der Waals surface area contributed by atoms with Crippen molar-refractivity contribution in [1.29, 1.82) is 0 Å². The summed E-state index contributed by atoms with van der Waals surface area (Å²) in [5.41, 5.74) is 0.659. The number of hydrogen-bond donors (Lipinski definition) is 1. The molecule has 3 heteroatoms. The van der Waals surface area contributed by atoms with Gasteiger partial charge in [-0.2, -0.15) is 0 Å². The van der Waals surface area contributed by atoms with Gasteiger partial charge in [0.2, 0.25) is 0 Å². The number of nitrogens with one attached hydrogen (secondary N) is 1. The van der Waals surface area contributed by atoms with Crippen LogP contribution in [-0.4, -0.2) is 6.04 Å². The predicted molar refractivity (Wildman–Crippen MR) is 69.7 cm³/mol. The highest BCUT2D eigenvalue weighted by Crippen LogP contribution is 2.34. The maximum Gasteiger partial charge on any atom is 0.127 e. The van der Waals surface area contributed by atoms with E-state index in [-0.39, 0.29) is 5.82 Å². The van der Waals surface area contributed by atoms with Gasteiger partial charge in [-0.05, 0) is 37.0 Å². The molecule has 1 aromatic carbocycles. The number of halogens is 2. The van der Waals surface area contributed by atoms with Gasteiger partial charge in [0.15, 0.2) is 0 Å². The zero-order valence-electron chi connectivity index (χ0n) is 10.2. The largest absolute Gasteiger partial charge is 0.310 e. The van der Waals surface area contributed by atoms with Gasteiger partial charge in [0.25, 0.3) is 0 Å². The van der Waals surface area contributed by atoms with Gasteiger partial charge in [-0.25, -0.2) is 4.39 Å². The Morgan fingerprint density at radius 2 is 2.24 bits per heavy atom. The van der Waals surface area contributed by atoms with E-state index in [1.807, 2.05) is 0 Å². The molecule has 1 unspecified atom stereocenters. The van der Waals surface area contributed by atoms with E-state index >= 15 is 0 Å². The molecule has 1 saturated carbocycles. The maximum atomic E-state index is 13.5. The fraction of sp³-hybridized carbons (Fsp3) is 0.571. The van der Waals surface area contributed by atoms with E-state index in [1.54, 1.807) is 12.1 Å². The molecule has 1 N–H and O–H groups in total. The second-order valence-corrected chi connectivity index (χ2v) is 5.34. The topological polar surface area (TPSA) is 12.0 Å². The Hall–Kier alpha value is -0.600. The van der Waals surface area contributed by atoms with Gasteiger partial charge in [0, 0.05) is 23.2 Å². The zero-order chi connectivity index (χ0) is 12.3. The Morgan fingerprint density at radius 1 is 1.47 bits per heavy atom. The minimum absolute atomic E-state index is 0.178. The van der Waals surface area contributed by atoms with E-state index in [1.165, 1.54) is 25.3 Å². The van der Waals surface area contributed by atoms with Gasteiger partial charge in [-0.15, -0.1) is 0 Å². The Balaban J connectivity index is 1.88. The first kappa shape index (κ1) is 12.8. The highest BCUT2D eigenvalue weighted by Gasteiger charge is 2.24. The fourth-order valence-electron chi connectivity index (χ4n) is 2.08. The molecule has 0 amide bonds. The van der Waals surface area contributed by atoms with Gasteiger partial charge in [0.05, 0.1) is 0 Å². The van der Waals surface area contributed by atoms with Crippen molar-refractivity contribution in [2.45, 2.75) is 45.2 Å². The summed E-state index contributed by atoms with van der Waals surface area (Å²) in [6, 6.07) is 5.22. The van der Waals surface area contributed by atoms with E-state index < -0.39 is 0 Å². The Labute approximate surface area is 107 Å². The lowest BCUT2D eigenvalue weighted by atomic mass is 10.1. The van der Waals surface area contributed by atoms with Crippen LogP contribution in [0.4, 0.5) is 4.39 Å². The molecule has 0 radical (unpaired) electrons. The molecule has 0 spiro atoms. The number of hydrogen-bond acceptors (Lipinski definition) is 1. The minimum Gasteiger partial charge on any atom is -0.310 e. The second kappa shape index (κ2) is 5.83. The first-order valence-corrected chi connectivity index (χ1v) is 6.74. The normalized spacial score (nSPS) is 17.1. The third-order valence-electron chi connectivity index (χ3n) is 3.40.